The van der Waals surface area contributed by atoms with Crippen molar-refractivity contribution in [2.45, 2.75) is 32.2 Å². The van der Waals surface area contributed by atoms with Gasteiger partial charge in [0.05, 0.1) is 0 Å². The summed E-state index contributed by atoms with van der Waals surface area (Å²) in [5.41, 5.74) is 2.10. The molecule has 0 radical (unpaired) electrons. The van der Waals surface area contributed by atoms with Gasteiger partial charge in [-0.2, -0.15) is 0 Å². The fraction of sp³-hybridized carbons (Fsp3) is 0.500. The monoisotopic (exact) mass is 374 g/mol. The van der Waals surface area contributed by atoms with Crippen LogP contribution in [0.1, 0.15) is 35.8 Å². The lowest BCUT2D eigenvalue weighted by Gasteiger charge is -2.18. The van der Waals surface area contributed by atoms with Crippen LogP contribution in [0.4, 0.5) is 9.18 Å². The van der Waals surface area contributed by atoms with Crippen molar-refractivity contribution >= 4 is 6.03 Å². The summed E-state index contributed by atoms with van der Waals surface area (Å²) in [5.74, 6) is 0.972. The first kappa shape index (κ1) is 19.4. The largest absolute Gasteiger partial charge is 0.385 e. The molecular formula is C20H27FN4O2. The molecule has 0 saturated carbocycles. The van der Waals surface area contributed by atoms with Crippen LogP contribution in [0.2, 0.25) is 0 Å². The standard InChI is InChI=1S/C20H27FN4O2/c1-15-12-23-19(25(15)13-16-4-6-18(21)7-5-16)17-8-10-24(14-17)20(26)22-9-3-11-27-2/h4-7,12,17H,3,8-11,13-14H2,1-2H3,(H,22,26). The molecule has 7 heteroatoms. The van der Waals surface area contributed by atoms with Crippen molar-refractivity contribution in [2.75, 3.05) is 33.4 Å². The summed E-state index contributed by atoms with van der Waals surface area (Å²) < 4.78 is 20.3. The first-order chi connectivity index (χ1) is 13.1. The van der Waals surface area contributed by atoms with Crippen LogP contribution in [-0.2, 0) is 11.3 Å². The first-order valence-electron chi connectivity index (χ1n) is 9.36. The quantitative estimate of drug-likeness (QED) is 0.758. The summed E-state index contributed by atoms with van der Waals surface area (Å²) in [7, 11) is 1.66. The van der Waals surface area contributed by atoms with E-state index in [1.54, 1.807) is 19.2 Å². The number of amides is 2. The SMILES string of the molecule is COCCCNC(=O)N1CCC(c2ncc(C)n2Cc2ccc(F)cc2)C1. The Balaban J connectivity index is 1.62. The number of urea groups is 1. The van der Waals surface area contributed by atoms with Gasteiger partial charge < -0.3 is 19.5 Å². The van der Waals surface area contributed by atoms with E-state index in [1.165, 1.54) is 12.1 Å². The number of hydrogen-bond donors (Lipinski definition) is 1. The van der Waals surface area contributed by atoms with Crippen molar-refractivity contribution in [3.05, 3.63) is 53.4 Å². The Morgan fingerprint density at radius 2 is 2.15 bits per heavy atom. The molecule has 1 aliphatic heterocycles. The van der Waals surface area contributed by atoms with Crippen molar-refractivity contribution in [3.63, 3.8) is 0 Å². The van der Waals surface area contributed by atoms with E-state index in [2.05, 4.69) is 14.9 Å². The highest BCUT2D eigenvalue weighted by Crippen LogP contribution is 2.27. The lowest BCUT2D eigenvalue weighted by Crippen LogP contribution is -2.39. The normalized spacial score (nSPS) is 16.7. The van der Waals surface area contributed by atoms with Crippen molar-refractivity contribution in [1.29, 1.82) is 0 Å². The Kier molecular flexibility index (Phi) is 6.45. The molecule has 2 amide bonds. The Morgan fingerprint density at radius 3 is 2.89 bits per heavy atom. The Hall–Kier alpha value is -2.41. The maximum atomic E-state index is 13.2. The molecule has 2 aromatic rings. The molecule has 1 atom stereocenters. The molecule has 3 rings (SSSR count). The average Bonchev–Trinajstić information content (AvgIpc) is 3.28. The summed E-state index contributed by atoms with van der Waals surface area (Å²) in [6.07, 6.45) is 3.57. The van der Waals surface area contributed by atoms with Gasteiger partial charge in [0, 0.05) is 57.7 Å². The third kappa shape index (κ3) is 4.86. The topological polar surface area (TPSA) is 59.4 Å². The molecule has 1 fully saturated rings. The number of methoxy groups -OCH3 is 1. The second kappa shape index (κ2) is 8.99. The molecule has 27 heavy (non-hydrogen) atoms. The summed E-state index contributed by atoms with van der Waals surface area (Å²) in [4.78, 5) is 18.8. The average molecular weight is 374 g/mol. The molecule has 0 aliphatic carbocycles. The predicted octanol–water partition coefficient (Wildman–Crippen LogP) is 2.91. The van der Waals surface area contributed by atoms with Crippen molar-refractivity contribution in [3.8, 4) is 0 Å². The van der Waals surface area contributed by atoms with E-state index in [-0.39, 0.29) is 17.8 Å². The maximum Gasteiger partial charge on any atom is 0.317 e. The molecule has 1 saturated heterocycles. The van der Waals surface area contributed by atoms with Gasteiger partial charge in [-0.25, -0.2) is 14.2 Å². The lowest BCUT2D eigenvalue weighted by molar-refractivity contribution is 0.188. The number of aryl methyl sites for hydroxylation is 1. The van der Waals surface area contributed by atoms with E-state index in [9.17, 15) is 9.18 Å². The number of nitrogens with one attached hydrogen (secondary N) is 1. The molecule has 1 N–H and O–H groups in total. The first-order valence-corrected chi connectivity index (χ1v) is 9.36. The highest BCUT2D eigenvalue weighted by molar-refractivity contribution is 5.74. The third-order valence-electron chi connectivity index (χ3n) is 4.98. The van der Waals surface area contributed by atoms with Gasteiger partial charge in [-0.05, 0) is 37.5 Å². The summed E-state index contributed by atoms with van der Waals surface area (Å²) in [6, 6.07) is 6.53. The van der Waals surface area contributed by atoms with E-state index in [0.717, 1.165) is 36.5 Å². The zero-order valence-corrected chi connectivity index (χ0v) is 15.9. The van der Waals surface area contributed by atoms with Gasteiger partial charge in [-0.1, -0.05) is 12.1 Å². The molecule has 1 aromatic heterocycles. The number of benzene rings is 1. The number of imidazole rings is 1. The molecule has 146 valence electrons. The number of carbonyl (C=O) groups is 1. The second-order valence-corrected chi connectivity index (χ2v) is 6.98. The van der Waals surface area contributed by atoms with Crippen molar-refractivity contribution in [1.82, 2.24) is 19.8 Å². The summed E-state index contributed by atoms with van der Waals surface area (Å²) in [5, 5.41) is 2.94. The van der Waals surface area contributed by atoms with E-state index in [4.69, 9.17) is 4.74 Å². The Labute approximate surface area is 159 Å². The number of carbonyl (C=O) groups excluding carboxylic acids is 1. The van der Waals surface area contributed by atoms with Crippen LogP contribution in [-0.4, -0.2) is 53.8 Å². The van der Waals surface area contributed by atoms with Crippen molar-refractivity contribution < 1.29 is 13.9 Å². The van der Waals surface area contributed by atoms with Crippen LogP contribution < -0.4 is 5.32 Å². The number of hydrogen-bond acceptors (Lipinski definition) is 3. The minimum Gasteiger partial charge on any atom is -0.385 e. The molecule has 1 unspecified atom stereocenters. The van der Waals surface area contributed by atoms with Gasteiger partial charge in [0.25, 0.3) is 0 Å². The van der Waals surface area contributed by atoms with Crippen LogP contribution in [0, 0.1) is 12.7 Å². The van der Waals surface area contributed by atoms with Gasteiger partial charge in [0.15, 0.2) is 0 Å². The van der Waals surface area contributed by atoms with Crippen LogP contribution in [0.5, 0.6) is 0 Å². The lowest BCUT2D eigenvalue weighted by atomic mass is 10.1. The van der Waals surface area contributed by atoms with Gasteiger partial charge in [-0.3, -0.25) is 0 Å². The number of ether oxygens (including phenoxy) is 1. The van der Waals surface area contributed by atoms with Gasteiger partial charge in [0.2, 0.25) is 0 Å². The molecule has 0 spiro atoms. The predicted molar refractivity (Wildman–Crippen MR) is 101 cm³/mol. The van der Waals surface area contributed by atoms with Crippen LogP contribution in [0.25, 0.3) is 0 Å². The number of halogens is 1. The number of likely N-dealkylation sites (tertiary alicyclic amines) is 1. The minimum absolute atomic E-state index is 0.0260. The van der Waals surface area contributed by atoms with Crippen molar-refractivity contribution in [2.24, 2.45) is 0 Å². The number of rotatable bonds is 7. The maximum absolute atomic E-state index is 13.2. The Morgan fingerprint density at radius 1 is 1.37 bits per heavy atom. The van der Waals surface area contributed by atoms with E-state index in [1.807, 2.05) is 18.0 Å². The minimum atomic E-state index is -0.232. The summed E-state index contributed by atoms with van der Waals surface area (Å²) >= 11 is 0. The molecular weight excluding hydrogens is 347 g/mol. The molecule has 1 aliphatic rings. The van der Waals surface area contributed by atoms with E-state index in [0.29, 0.717) is 26.2 Å². The van der Waals surface area contributed by atoms with E-state index >= 15 is 0 Å². The van der Waals surface area contributed by atoms with Gasteiger partial charge >= 0.3 is 6.03 Å². The molecule has 1 aromatic carbocycles. The van der Waals surface area contributed by atoms with Gasteiger partial charge in [-0.15, -0.1) is 0 Å². The molecule has 6 nitrogen and oxygen atoms in total. The fourth-order valence-electron chi connectivity index (χ4n) is 3.46. The third-order valence-corrected chi connectivity index (χ3v) is 4.98. The van der Waals surface area contributed by atoms with Crippen LogP contribution >= 0.6 is 0 Å². The molecule has 0 bridgehead atoms. The number of aromatic nitrogens is 2. The fourth-order valence-corrected chi connectivity index (χ4v) is 3.46. The van der Waals surface area contributed by atoms with Crippen LogP contribution in [0.3, 0.4) is 0 Å². The summed E-state index contributed by atoms with van der Waals surface area (Å²) in [6.45, 7) is 5.32. The number of nitrogens with zero attached hydrogens (tertiary/aromatic N) is 3. The van der Waals surface area contributed by atoms with E-state index < -0.39 is 0 Å². The smallest absolute Gasteiger partial charge is 0.317 e. The zero-order chi connectivity index (χ0) is 19.2. The molecule has 2 heterocycles. The second-order valence-electron chi connectivity index (χ2n) is 6.98. The Bertz CT molecular complexity index is 760. The highest BCUT2D eigenvalue weighted by atomic mass is 19.1. The van der Waals surface area contributed by atoms with Crippen LogP contribution in [0.15, 0.2) is 30.5 Å². The highest BCUT2D eigenvalue weighted by Gasteiger charge is 2.30. The zero-order valence-electron chi connectivity index (χ0n) is 15.9. The van der Waals surface area contributed by atoms with Gasteiger partial charge in [0.1, 0.15) is 11.6 Å².